The number of nitrogens with zero attached hydrogens (tertiary/aromatic N) is 2. The van der Waals surface area contributed by atoms with Crippen molar-refractivity contribution in [2.24, 2.45) is 0 Å². The average Bonchev–Trinajstić information content (AvgIpc) is 2.29. The predicted octanol–water partition coefficient (Wildman–Crippen LogP) is 2.84. The van der Waals surface area contributed by atoms with Crippen LogP contribution in [0, 0.1) is 10.1 Å². The molecule has 0 aromatic heterocycles. The van der Waals surface area contributed by atoms with Crippen molar-refractivity contribution in [2.45, 2.75) is 20.3 Å². The van der Waals surface area contributed by atoms with Crippen LogP contribution >= 0.6 is 0 Å². The molecule has 1 rings (SSSR count). The average molecular weight is 238 g/mol. The molecule has 0 saturated carbocycles. The van der Waals surface area contributed by atoms with Gasteiger partial charge in [0.25, 0.3) is 0 Å². The van der Waals surface area contributed by atoms with E-state index < -0.39 is 0 Å². The number of nitro groups is 1. The van der Waals surface area contributed by atoms with Crippen molar-refractivity contribution >= 4 is 11.4 Å². The molecule has 17 heavy (non-hydrogen) atoms. The van der Waals surface area contributed by atoms with Gasteiger partial charge in [-0.2, -0.15) is 0 Å². The van der Waals surface area contributed by atoms with E-state index >= 15 is 0 Å². The highest BCUT2D eigenvalue weighted by Gasteiger charge is 2.22. The van der Waals surface area contributed by atoms with Crippen LogP contribution in [0.4, 0.5) is 11.4 Å². The molecule has 0 saturated heterocycles. The van der Waals surface area contributed by atoms with Crippen LogP contribution in [-0.4, -0.2) is 25.1 Å². The molecule has 0 amide bonds. The van der Waals surface area contributed by atoms with E-state index in [2.05, 4.69) is 0 Å². The van der Waals surface area contributed by atoms with Gasteiger partial charge in [-0.15, -0.1) is 0 Å². The summed E-state index contributed by atoms with van der Waals surface area (Å²) in [4.78, 5) is 12.6. The molecule has 5 nitrogen and oxygen atoms in total. The standard InChI is InChI=1S/C12H18N2O3/c1-4-9-13(3)10-7-6-8-11(17-5-2)12(10)14(15)16/h6-8H,4-5,9H2,1-3H3. The zero-order chi connectivity index (χ0) is 12.8. The van der Waals surface area contributed by atoms with Gasteiger partial charge in [0.05, 0.1) is 11.5 Å². The third-order valence-electron chi connectivity index (χ3n) is 2.43. The molecule has 0 aliphatic heterocycles. The van der Waals surface area contributed by atoms with Gasteiger partial charge in [-0.25, -0.2) is 0 Å². The minimum atomic E-state index is -0.382. The largest absolute Gasteiger partial charge is 0.487 e. The van der Waals surface area contributed by atoms with Crippen molar-refractivity contribution in [2.75, 3.05) is 25.1 Å². The first-order chi connectivity index (χ1) is 8.11. The number of rotatable bonds is 6. The van der Waals surface area contributed by atoms with Gasteiger partial charge in [0.2, 0.25) is 0 Å². The van der Waals surface area contributed by atoms with Gasteiger partial charge in [-0.3, -0.25) is 10.1 Å². The summed E-state index contributed by atoms with van der Waals surface area (Å²) in [6, 6.07) is 5.15. The maximum atomic E-state index is 11.1. The maximum absolute atomic E-state index is 11.1. The van der Waals surface area contributed by atoms with Crippen LogP contribution in [0.1, 0.15) is 20.3 Å². The Labute approximate surface area is 101 Å². The smallest absolute Gasteiger partial charge is 0.333 e. The minimum absolute atomic E-state index is 0.0466. The van der Waals surface area contributed by atoms with Crippen LogP contribution in [0.15, 0.2) is 18.2 Å². The topological polar surface area (TPSA) is 55.6 Å². The molecular weight excluding hydrogens is 220 g/mol. The number of ether oxygens (including phenoxy) is 1. The Balaban J connectivity index is 3.19. The van der Waals surface area contributed by atoms with Crippen molar-refractivity contribution in [3.63, 3.8) is 0 Å². The summed E-state index contributed by atoms with van der Waals surface area (Å²) >= 11 is 0. The Morgan fingerprint density at radius 1 is 1.41 bits per heavy atom. The lowest BCUT2D eigenvalue weighted by Crippen LogP contribution is -2.19. The number of hydrogen-bond donors (Lipinski definition) is 0. The molecule has 0 atom stereocenters. The van der Waals surface area contributed by atoms with Crippen molar-refractivity contribution in [3.8, 4) is 5.75 Å². The number of benzene rings is 1. The molecule has 0 heterocycles. The summed E-state index contributed by atoms with van der Waals surface area (Å²) in [6.45, 7) is 5.04. The molecule has 0 spiro atoms. The minimum Gasteiger partial charge on any atom is -0.487 e. The predicted molar refractivity (Wildman–Crippen MR) is 67.8 cm³/mol. The van der Waals surface area contributed by atoms with E-state index in [0.717, 1.165) is 13.0 Å². The molecule has 1 aromatic rings. The van der Waals surface area contributed by atoms with Crippen LogP contribution in [0.25, 0.3) is 0 Å². The van der Waals surface area contributed by atoms with E-state index in [1.165, 1.54) is 0 Å². The lowest BCUT2D eigenvalue weighted by Gasteiger charge is -2.19. The SMILES string of the molecule is CCCN(C)c1cccc(OCC)c1[N+](=O)[O-]. The van der Waals surface area contributed by atoms with Crippen molar-refractivity contribution in [1.82, 2.24) is 0 Å². The summed E-state index contributed by atoms with van der Waals surface area (Å²) in [7, 11) is 1.85. The van der Waals surface area contributed by atoms with E-state index in [1.807, 2.05) is 25.8 Å². The second-order valence-corrected chi connectivity index (χ2v) is 3.74. The normalized spacial score (nSPS) is 10.1. The van der Waals surface area contributed by atoms with Crippen LogP contribution < -0.4 is 9.64 Å². The maximum Gasteiger partial charge on any atom is 0.333 e. The molecule has 0 aliphatic rings. The number of anilines is 1. The van der Waals surface area contributed by atoms with Crippen molar-refractivity contribution in [3.05, 3.63) is 28.3 Å². The molecule has 1 aromatic carbocycles. The summed E-state index contributed by atoms with van der Waals surface area (Å²) in [6.07, 6.45) is 0.937. The quantitative estimate of drug-likeness (QED) is 0.565. The van der Waals surface area contributed by atoms with Crippen LogP contribution in [-0.2, 0) is 0 Å². The fourth-order valence-electron chi connectivity index (χ4n) is 1.73. The molecule has 0 fully saturated rings. The second-order valence-electron chi connectivity index (χ2n) is 3.74. The first-order valence-electron chi connectivity index (χ1n) is 5.73. The molecule has 0 unspecified atom stereocenters. The van der Waals surface area contributed by atoms with Gasteiger partial charge >= 0.3 is 5.69 Å². The van der Waals surface area contributed by atoms with E-state index in [0.29, 0.717) is 18.0 Å². The molecular formula is C12H18N2O3. The van der Waals surface area contributed by atoms with E-state index in [9.17, 15) is 10.1 Å². The molecule has 5 heteroatoms. The third kappa shape index (κ3) is 3.09. The first kappa shape index (κ1) is 13.3. The molecule has 94 valence electrons. The highest BCUT2D eigenvalue weighted by molar-refractivity contribution is 5.69. The summed E-state index contributed by atoms with van der Waals surface area (Å²) in [5, 5.41) is 11.1. The monoisotopic (exact) mass is 238 g/mol. The van der Waals surface area contributed by atoms with Gasteiger partial charge in [0.1, 0.15) is 5.69 Å². The number of nitro benzene ring substituents is 1. The highest BCUT2D eigenvalue weighted by atomic mass is 16.6. The fourth-order valence-corrected chi connectivity index (χ4v) is 1.73. The summed E-state index contributed by atoms with van der Waals surface area (Å²) in [5.74, 6) is 0.331. The number of hydrogen-bond acceptors (Lipinski definition) is 4. The molecule has 0 radical (unpaired) electrons. The summed E-state index contributed by atoms with van der Waals surface area (Å²) < 4.78 is 5.30. The number of para-hydroxylation sites is 1. The summed E-state index contributed by atoms with van der Waals surface area (Å²) in [5.41, 5.74) is 0.646. The lowest BCUT2D eigenvalue weighted by atomic mass is 10.2. The molecule has 0 bridgehead atoms. The van der Waals surface area contributed by atoms with Gasteiger partial charge < -0.3 is 9.64 Å². The Kier molecular flexibility index (Phi) is 4.75. The zero-order valence-electron chi connectivity index (χ0n) is 10.5. The Bertz CT molecular complexity index is 393. The van der Waals surface area contributed by atoms with Crippen LogP contribution in [0.5, 0.6) is 5.75 Å². The van der Waals surface area contributed by atoms with E-state index in [1.54, 1.807) is 18.2 Å². The fraction of sp³-hybridized carbons (Fsp3) is 0.500. The molecule has 0 N–H and O–H groups in total. The van der Waals surface area contributed by atoms with Gasteiger partial charge in [-0.05, 0) is 25.5 Å². The van der Waals surface area contributed by atoms with Crippen LogP contribution in [0.2, 0.25) is 0 Å². The highest BCUT2D eigenvalue weighted by Crippen LogP contribution is 2.36. The van der Waals surface area contributed by atoms with Crippen molar-refractivity contribution in [1.29, 1.82) is 0 Å². The Morgan fingerprint density at radius 2 is 2.12 bits per heavy atom. The van der Waals surface area contributed by atoms with Crippen LogP contribution in [0.3, 0.4) is 0 Å². The third-order valence-corrected chi connectivity index (χ3v) is 2.43. The Hall–Kier alpha value is -1.78. The Morgan fingerprint density at radius 3 is 2.65 bits per heavy atom. The second kappa shape index (κ2) is 6.08. The van der Waals surface area contributed by atoms with E-state index in [-0.39, 0.29) is 10.6 Å². The molecule has 0 aliphatic carbocycles. The zero-order valence-corrected chi connectivity index (χ0v) is 10.5. The lowest BCUT2D eigenvalue weighted by molar-refractivity contribution is -0.385. The van der Waals surface area contributed by atoms with Gasteiger partial charge in [0.15, 0.2) is 5.75 Å². The van der Waals surface area contributed by atoms with E-state index in [4.69, 9.17) is 4.74 Å². The first-order valence-corrected chi connectivity index (χ1v) is 5.73. The van der Waals surface area contributed by atoms with Gasteiger partial charge in [0, 0.05) is 13.6 Å². The van der Waals surface area contributed by atoms with Crippen molar-refractivity contribution < 1.29 is 9.66 Å². The van der Waals surface area contributed by atoms with Gasteiger partial charge in [-0.1, -0.05) is 13.0 Å².